The zero-order valence-corrected chi connectivity index (χ0v) is 11.8. The van der Waals surface area contributed by atoms with E-state index in [1.165, 1.54) is 6.07 Å². The largest absolute Gasteiger partial charge is 0.444 e. The molecule has 0 spiro atoms. The molecule has 0 aliphatic carbocycles. The maximum Gasteiger partial charge on any atom is 0.412 e. The molecule has 0 heterocycles. The van der Waals surface area contributed by atoms with Crippen molar-refractivity contribution in [3.05, 3.63) is 28.5 Å². The van der Waals surface area contributed by atoms with Crippen molar-refractivity contribution in [3.63, 3.8) is 0 Å². The zero-order chi connectivity index (χ0) is 14.6. The SMILES string of the molecule is CC(C)(C)OC(=O)Nc1ccc(CCO)c(Cl)c1F. The number of aliphatic hydroxyl groups excluding tert-OH is 1. The quantitative estimate of drug-likeness (QED) is 0.897. The number of carbonyl (C=O) groups excluding carboxylic acids is 1. The number of rotatable bonds is 3. The van der Waals surface area contributed by atoms with Gasteiger partial charge in [0.25, 0.3) is 0 Å². The number of hydrogen-bond donors (Lipinski definition) is 2. The van der Waals surface area contributed by atoms with Gasteiger partial charge in [0.05, 0.1) is 10.7 Å². The van der Waals surface area contributed by atoms with Crippen LogP contribution in [0.2, 0.25) is 5.02 Å². The fourth-order valence-electron chi connectivity index (χ4n) is 1.41. The molecule has 0 unspecified atom stereocenters. The molecule has 106 valence electrons. The van der Waals surface area contributed by atoms with Gasteiger partial charge < -0.3 is 9.84 Å². The summed E-state index contributed by atoms with van der Waals surface area (Å²) in [5.41, 5.74) is -0.237. The normalized spacial score (nSPS) is 11.3. The van der Waals surface area contributed by atoms with Gasteiger partial charge in [0.2, 0.25) is 0 Å². The Labute approximate surface area is 116 Å². The molecule has 0 fully saturated rings. The Morgan fingerprint density at radius 3 is 2.63 bits per heavy atom. The fraction of sp³-hybridized carbons (Fsp3) is 0.462. The second kappa shape index (κ2) is 6.21. The topological polar surface area (TPSA) is 58.6 Å². The highest BCUT2D eigenvalue weighted by Gasteiger charge is 2.19. The lowest BCUT2D eigenvalue weighted by molar-refractivity contribution is 0.0635. The third kappa shape index (κ3) is 4.69. The van der Waals surface area contributed by atoms with E-state index in [1.54, 1.807) is 26.8 Å². The first kappa shape index (κ1) is 15.7. The van der Waals surface area contributed by atoms with Crippen molar-refractivity contribution in [2.24, 2.45) is 0 Å². The lowest BCUT2D eigenvalue weighted by Crippen LogP contribution is -2.27. The summed E-state index contributed by atoms with van der Waals surface area (Å²) in [7, 11) is 0. The number of amides is 1. The first-order valence-corrected chi connectivity index (χ1v) is 6.20. The van der Waals surface area contributed by atoms with E-state index in [1.807, 2.05) is 0 Å². The van der Waals surface area contributed by atoms with Crippen molar-refractivity contribution in [1.82, 2.24) is 0 Å². The number of halogens is 2. The molecule has 19 heavy (non-hydrogen) atoms. The molecule has 0 radical (unpaired) electrons. The van der Waals surface area contributed by atoms with Crippen LogP contribution in [0.4, 0.5) is 14.9 Å². The average molecular weight is 290 g/mol. The van der Waals surface area contributed by atoms with Crippen molar-refractivity contribution >= 4 is 23.4 Å². The Kier molecular flexibility index (Phi) is 5.14. The molecule has 0 aliphatic heterocycles. The van der Waals surface area contributed by atoms with E-state index in [-0.39, 0.29) is 23.7 Å². The molecular weight excluding hydrogens is 273 g/mol. The molecule has 1 aromatic carbocycles. The van der Waals surface area contributed by atoms with Gasteiger partial charge in [-0.3, -0.25) is 5.32 Å². The van der Waals surface area contributed by atoms with Gasteiger partial charge in [-0.15, -0.1) is 0 Å². The zero-order valence-electron chi connectivity index (χ0n) is 11.1. The highest BCUT2D eigenvalue weighted by atomic mass is 35.5. The van der Waals surface area contributed by atoms with Crippen LogP contribution < -0.4 is 5.32 Å². The molecule has 0 saturated carbocycles. The molecule has 1 amide bonds. The van der Waals surface area contributed by atoms with Gasteiger partial charge in [-0.2, -0.15) is 0 Å². The average Bonchev–Trinajstić information content (AvgIpc) is 2.26. The van der Waals surface area contributed by atoms with Gasteiger partial charge in [0.1, 0.15) is 5.60 Å². The van der Waals surface area contributed by atoms with E-state index in [2.05, 4.69) is 5.32 Å². The number of anilines is 1. The van der Waals surface area contributed by atoms with E-state index in [9.17, 15) is 9.18 Å². The standard InChI is InChI=1S/C13H17ClFNO3/c1-13(2,3)19-12(18)16-9-5-4-8(6-7-17)10(14)11(9)15/h4-5,17H,6-7H2,1-3H3,(H,16,18). The molecule has 6 heteroatoms. The Morgan fingerprint density at radius 1 is 1.47 bits per heavy atom. The van der Waals surface area contributed by atoms with E-state index >= 15 is 0 Å². The highest BCUT2D eigenvalue weighted by molar-refractivity contribution is 6.31. The third-order valence-electron chi connectivity index (χ3n) is 2.18. The molecule has 0 saturated heterocycles. The third-order valence-corrected chi connectivity index (χ3v) is 2.59. The summed E-state index contributed by atoms with van der Waals surface area (Å²) >= 11 is 5.82. The molecule has 0 atom stereocenters. The number of benzene rings is 1. The molecule has 1 aromatic rings. The van der Waals surface area contributed by atoms with E-state index in [0.717, 1.165) is 0 Å². The summed E-state index contributed by atoms with van der Waals surface area (Å²) in [6.07, 6.45) is -0.500. The van der Waals surface area contributed by atoms with Crippen LogP contribution >= 0.6 is 11.6 Å². The van der Waals surface area contributed by atoms with Crippen LogP contribution in [0.1, 0.15) is 26.3 Å². The number of carbonyl (C=O) groups is 1. The van der Waals surface area contributed by atoms with E-state index < -0.39 is 17.5 Å². The number of nitrogens with one attached hydrogen (secondary N) is 1. The lowest BCUT2D eigenvalue weighted by atomic mass is 10.1. The molecular formula is C13H17ClFNO3. The van der Waals surface area contributed by atoms with Crippen LogP contribution in [0.5, 0.6) is 0 Å². The Morgan fingerprint density at radius 2 is 2.11 bits per heavy atom. The monoisotopic (exact) mass is 289 g/mol. The number of ether oxygens (including phenoxy) is 1. The van der Waals surface area contributed by atoms with Crippen molar-refractivity contribution in [1.29, 1.82) is 0 Å². The van der Waals surface area contributed by atoms with Gasteiger partial charge in [-0.05, 0) is 38.8 Å². The van der Waals surface area contributed by atoms with Crippen molar-refractivity contribution in [2.75, 3.05) is 11.9 Å². The predicted octanol–water partition coefficient (Wildman–Crippen LogP) is 3.36. The lowest BCUT2D eigenvalue weighted by Gasteiger charge is -2.20. The first-order valence-electron chi connectivity index (χ1n) is 5.82. The van der Waals surface area contributed by atoms with Gasteiger partial charge in [-0.1, -0.05) is 17.7 Å². The Bertz CT molecular complexity index is 472. The van der Waals surface area contributed by atoms with Crippen molar-refractivity contribution in [3.8, 4) is 0 Å². The highest BCUT2D eigenvalue weighted by Crippen LogP contribution is 2.27. The summed E-state index contributed by atoms with van der Waals surface area (Å²) in [6, 6.07) is 2.93. The fourth-order valence-corrected chi connectivity index (χ4v) is 1.67. The summed E-state index contributed by atoms with van der Waals surface area (Å²) in [6.45, 7) is 5.00. The summed E-state index contributed by atoms with van der Waals surface area (Å²) in [5, 5.41) is 11.0. The summed E-state index contributed by atoms with van der Waals surface area (Å²) in [4.78, 5) is 11.5. The second-order valence-corrected chi connectivity index (χ2v) is 5.38. The Hall–Kier alpha value is -1.33. The summed E-state index contributed by atoms with van der Waals surface area (Å²) in [5.74, 6) is -0.738. The van der Waals surface area contributed by atoms with Crippen molar-refractivity contribution < 1.29 is 19.0 Å². The van der Waals surface area contributed by atoms with Crippen LogP contribution in [-0.4, -0.2) is 23.4 Å². The number of aliphatic hydroxyl groups is 1. The second-order valence-electron chi connectivity index (χ2n) is 5.00. The first-order chi connectivity index (χ1) is 8.74. The Balaban J connectivity index is 2.86. The van der Waals surface area contributed by atoms with Crippen LogP contribution in [0.3, 0.4) is 0 Å². The van der Waals surface area contributed by atoms with Crippen LogP contribution in [-0.2, 0) is 11.2 Å². The van der Waals surface area contributed by atoms with Gasteiger partial charge >= 0.3 is 6.09 Å². The van der Waals surface area contributed by atoms with Crippen LogP contribution in [0.25, 0.3) is 0 Å². The van der Waals surface area contributed by atoms with Gasteiger partial charge in [0, 0.05) is 6.61 Å². The van der Waals surface area contributed by atoms with Crippen molar-refractivity contribution in [2.45, 2.75) is 32.8 Å². The molecule has 4 nitrogen and oxygen atoms in total. The smallest absolute Gasteiger partial charge is 0.412 e. The van der Waals surface area contributed by atoms with Gasteiger partial charge in [0.15, 0.2) is 5.82 Å². The minimum atomic E-state index is -0.752. The van der Waals surface area contributed by atoms with E-state index in [0.29, 0.717) is 5.56 Å². The molecule has 2 N–H and O–H groups in total. The summed E-state index contributed by atoms with van der Waals surface area (Å²) < 4.78 is 18.9. The van der Waals surface area contributed by atoms with Crippen LogP contribution in [0, 0.1) is 5.82 Å². The number of hydrogen-bond acceptors (Lipinski definition) is 3. The molecule has 1 rings (SSSR count). The molecule has 0 aliphatic rings. The molecule has 0 bridgehead atoms. The predicted molar refractivity (Wildman–Crippen MR) is 72.1 cm³/mol. The van der Waals surface area contributed by atoms with Crippen LogP contribution in [0.15, 0.2) is 12.1 Å². The maximum atomic E-state index is 13.9. The maximum absolute atomic E-state index is 13.9. The minimum absolute atomic E-state index is 0.0547. The minimum Gasteiger partial charge on any atom is -0.444 e. The van der Waals surface area contributed by atoms with E-state index in [4.69, 9.17) is 21.4 Å². The van der Waals surface area contributed by atoms with Gasteiger partial charge in [-0.25, -0.2) is 9.18 Å². The molecule has 0 aromatic heterocycles.